The number of fused-ring (bicyclic) bond motifs is 3. The molecule has 7 heteroatoms. The molecule has 26 heavy (non-hydrogen) atoms. The first-order chi connectivity index (χ1) is 12.5. The summed E-state index contributed by atoms with van der Waals surface area (Å²) in [6, 6.07) is 5.02. The van der Waals surface area contributed by atoms with Crippen LogP contribution in [-0.4, -0.2) is 21.0 Å². The normalized spacial score (nSPS) is 14.1. The van der Waals surface area contributed by atoms with Gasteiger partial charge in [-0.05, 0) is 67.5 Å². The number of aromatic nitrogens is 2. The zero-order valence-electron chi connectivity index (χ0n) is 14.3. The Balaban J connectivity index is 1.85. The van der Waals surface area contributed by atoms with Crippen LogP contribution in [0, 0.1) is 6.92 Å². The summed E-state index contributed by atoms with van der Waals surface area (Å²) in [6.45, 7) is 1.93. The predicted octanol–water partition coefficient (Wildman–Crippen LogP) is 5.36. The average Bonchev–Trinajstić information content (AvgIpc) is 2.78. The highest BCUT2D eigenvalue weighted by atomic mass is 35.5. The predicted molar refractivity (Wildman–Crippen MR) is 105 cm³/mol. The Bertz CT molecular complexity index is 1020. The highest BCUT2D eigenvalue weighted by Crippen LogP contribution is 2.39. The average molecular weight is 388 g/mol. The van der Waals surface area contributed by atoms with E-state index in [0.29, 0.717) is 5.82 Å². The second-order valence-corrected chi connectivity index (χ2v) is 7.97. The number of thiophene rings is 1. The van der Waals surface area contributed by atoms with Gasteiger partial charge in [0.15, 0.2) is 0 Å². The second kappa shape index (κ2) is 6.85. The standard InChI is InChI=1S/C19H18ClN3O2S/c1-10-7-8-11(18(24)25)9-13(10)21-16-15-12-5-3-2-4-6-14(12)26-17(15)23-19(20)22-16/h7-9H,2-6H2,1H3,(H,24,25)(H,21,22,23). The van der Waals surface area contributed by atoms with Crippen LogP contribution in [0.4, 0.5) is 11.5 Å². The second-order valence-electron chi connectivity index (χ2n) is 6.55. The third kappa shape index (κ3) is 3.15. The molecule has 1 aliphatic carbocycles. The molecule has 0 spiro atoms. The fourth-order valence-electron chi connectivity index (χ4n) is 3.42. The molecule has 2 heterocycles. The smallest absolute Gasteiger partial charge is 0.335 e. The van der Waals surface area contributed by atoms with Crippen LogP contribution in [0.2, 0.25) is 5.28 Å². The van der Waals surface area contributed by atoms with Gasteiger partial charge in [-0.3, -0.25) is 0 Å². The van der Waals surface area contributed by atoms with Crippen LogP contribution in [0.3, 0.4) is 0 Å². The molecule has 134 valence electrons. The number of carboxylic acids is 1. The van der Waals surface area contributed by atoms with Gasteiger partial charge in [-0.15, -0.1) is 11.3 Å². The van der Waals surface area contributed by atoms with Crippen LogP contribution >= 0.6 is 22.9 Å². The minimum Gasteiger partial charge on any atom is -0.478 e. The maximum Gasteiger partial charge on any atom is 0.335 e. The van der Waals surface area contributed by atoms with Crippen molar-refractivity contribution in [1.29, 1.82) is 0 Å². The number of aromatic carboxylic acids is 1. The van der Waals surface area contributed by atoms with E-state index in [4.69, 9.17) is 11.6 Å². The van der Waals surface area contributed by atoms with Gasteiger partial charge in [0.2, 0.25) is 5.28 Å². The van der Waals surface area contributed by atoms with Gasteiger partial charge in [0.1, 0.15) is 10.6 Å². The molecule has 3 aromatic rings. The SMILES string of the molecule is Cc1ccc(C(=O)O)cc1Nc1nc(Cl)nc2sc3c(c12)CCCCC3. The lowest BCUT2D eigenvalue weighted by atomic mass is 10.1. The van der Waals surface area contributed by atoms with Gasteiger partial charge in [-0.2, -0.15) is 4.98 Å². The molecule has 0 unspecified atom stereocenters. The first kappa shape index (κ1) is 17.2. The van der Waals surface area contributed by atoms with Gasteiger partial charge in [0.05, 0.1) is 10.9 Å². The molecule has 4 rings (SSSR count). The van der Waals surface area contributed by atoms with Crippen LogP contribution in [0.1, 0.15) is 45.6 Å². The van der Waals surface area contributed by atoms with Crippen LogP contribution in [-0.2, 0) is 12.8 Å². The number of benzene rings is 1. The van der Waals surface area contributed by atoms with Crippen LogP contribution in [0.15, 0.2) is 18.2 Å². The molecule has 0 amide bonds. The van der Waals surface area contributed by atoms with Gasteiger partial charge in [-0.1, -0.05) is 12.5 Å². The molecular weight excluding hydrogens is 370 g/mol. The molecule has 1 aromatic carbocycles. The van der Waals surface area contributed by atoms with E-state index in [0.717, 1.165) is 40.7 Å². The summed E-state index contributed by atoms with van der Waals surface area (Å²) >= 11 is 7.85. The zero-order chi connectivity index (χ0) is 18.3. The van der Waals surface area contributed by atoms with Crippen molar-refractivity contribution in [3.8, 4) is 0 Å². The third-order valence-electron chi connectivity index (χ3n) is 4.77. The Hall–Kier alpha value is -2.18. The minimum atomic E-state index is -0.955. The number of anilines is 2. The van der Waals surface area contributed by atoms with Crippen molar-refractivity contribution in [2.24, 2.45) is 0 Å². The van der Waals surface area contributed by atoms with Gasteiger partial charge < -0.3 is 10.4 Å². The molecule has 0 bridgehead atoms. The molecule has 5 nitrogen and oxygen atoms in total. The number of halogens is 1. The quantitative estimate of drug-likeness (QED) is 0.467. The number of aryl methyl sites for hydroxylation is 3. The third-order valence-corrected chi connectivity index (χ3v) is 6.13. The number of carboxylic acid groups (broad SMARTS) is 1. The number of hydrogen-bond donors (Lipinski definition) is 2. The lowest BCUT2D eigenvalue weighted by molar-refractivity contribution is 0.0697. The Morgan fingerprint density at radius 1 is 1.23 bits per heavy atom. The lowest BCUT2D eigenvalue weighted by Gasteiger charge is -2.12. The maximum absolute atomic E-state index is 11.3. The summed E-state index contributed by atoms with van der Waals surface area (Å²) in [6.07, 6.45) is 5.68. The fraction of sp³-hybridized carbons (Fsp3) is 0.316. The van der Waals surface area contributed by atoms with Crippen LogP contribution in [0.25, 0.3) is 10.2 Å². The maximum atomic E-state index is 11.3. The van der Waals surface area contributed by atoms with Crippen LogP contribution in [0.5, 0.6) is 0 Å². The number of nitrogens with zero attached hydrogens (tertiary/aromatic N) is 2. The van der Waals surface area contributed by atoms with Crippen molar-refractivity contribution in [2.45, 2.75) is 39.0 Å². The van der Waals surface area contributed by atoms with E-state index in [9.17, 15) is 9.90 Å². The summed E-state index contributed by atoms with van der Waals surface area (Å²) in [5, 5.41) is 13.8. The van der Waals surface area contributed by atoms with E-state index in [2.05, 4.69) is 15.3 Å². The van der Waals surface area contributed by atoms with Gasteiger partial charge in [0.25, 0.3) is 0 Å². The van der Waals surface area contributed by atoms with Crippen LogP contribution < -0.4 is 5.32 Å². The topological polar surface area (TPSA) is 75.1 Å². The highest BCUT2D eigenvalue weighted by Gasteiger charge is 2.20. The minimum absolute atomic E-state index is 0.198. The van der Waals surface area contributed by atoms with Crippen molar-refractivity contribution in [3.05, 3.63) is 45.1 Å². The monoisotopic (exact) mass is 387 g/mol. The van der Waals surface area contributed by atoms with E-state index in [1.807, 2.05) is 6.92 Å². The molecule has 0 atom stereocenters. The Morgan fingerprint density at radius 3 is 2.85 bits per heavy atom. The number of rotatable bonds is 3. The first-order valence-electron chi connectivity index (χ1n) is 8.61. The summed E-state index contributed by atoms with van der Waals surface area (Å²) in [4.78, 5) is 22.4. The molecule has 0 radical (unpaired) electrons. The lowest BCUT2D eigenvalue weighted by Crippen LogP contribution is -2.02. The molecule has 0 saturated carbocycles. The van der Waals surface area contributed by atoms with E-state index >= 15 is 0 Å². The first-order valence-corrected chi connectivity index (χ1v) is 9.81. The molecule has 1 aliphatic rings. The molecule has 0 aliphatic heterocycles. The fourth-order valence-corrected chi connectivity index (χ4v) is 4.90. The van der Waals surface area contributed by atoms with Crippen molar-refractivity contribution in [3.63, 3.8) is 0 Å². The highest BCUT2D eigenvalue weighted by molar-refractivity contribution is 7.19. The molecule has 2 N–H and O–H groups in total. The summed E-state index contributed by atoms with van der Waals surface area (Å²) in [5.74, 6) is -0.298. The van der Waals surface area contributed by atoms with Gasteiger partial charge in [0, 0.05) is 10.6 Å². The summed E-state index contributed by atoms with van der Waals surface area (Å²) < 4.78 is 0. The molecule has 0 saturated heterocycles. The molecular formula is C19H18ClN3O2S. The number of carbonyl (C=O) groups is 1. The molecule has 0 fully saturated rings. The van der Waals surface area contributed by atoms with E-state index in [1.54, 1.807) is 29.5 Å². The van der Waals surface area contributed by atoms with E-state index in [-0.39, 0.29) is 10.8 Å². The summed E-state index contributed by atoms with van der Waals surface area (Å²) in [5.41, 5.74) is 3.21. The molecule has 2 aromatic heterocycles. The van der Waals surface area contributed by atoms with Crippen molar-refractivity contribution in [1.82, 2.24) is 9.97 Å². The number of hydrogen-bond acceptors (Lipinski definition) is 5. The van der Waals surface area contributed by atoms with Crippen molar-refractivity contribution in [2.75, 3.05) is 5.32 Å². The summed E-state index contributed by atoms with van der Waals surface area (Å²) in [7, 11) is 0. The Morgan fingerprint density at radius 2 is 2.04 bits per heavy atom. The number of nitrogens with one attached hydrogen (secondary N) is 1. The van der Waals surface area contributed by atoms with Gasteiger partial charge in [-0.25, -0.2) is 9.78 Å². The van der Waals surface area contributed by atoms with Crippen molar-refractivity contribution < 1.29 is 9.90 Å². The largest absolute Gasteiger partial charge is 0.478 e. The Kier molecular flexibility index (Phi) is 4.54. The zero-order valence-corrected chi connectivity index (χ0v) is 15.9. The van der Waals surface area contributed by atoms with Gasteiger partial charge >= 0.3 is 5.97 Å². The Labute approximate surface area is 160 Å². The van der Waals surface area contributed by atoms with E-state index in [1.165, 1.54) is 23.3 Å². The van der Waals surface area contributed by atoms with Crippen molar-refractivity contribution >= 4 is 50.6 Å². The van der Waals surface area contributed by atoms with E-state index < -0.39 is 5.97 Å².